The molecule has 1 saturated carbocycles. The van der Waals surface area contributed by atoms with Crippen LogP contribution in [0.25, 0.3) is 0 Å². The van der Waals surface area contributed by atoms with Crippen LogP contribution in [0.4, 0.5) is 0 Å². The third-order valence-electron chi connectivity index (χ3n) is 4.94. The van der Waals surface area contributed by atoms with Crippen molar-refractivity contribution >= 4 is 21.4 Å². The quantitative estimate of drug-likeness (QED) is 0.939. The molecule has 2 bridgehead atoms. The topological polar surface area (TPSA) is 59.1 Å². The second kappa shape index (κ2) is 5.44. The fraction of sp³-hybridized carbons (Fsp3) is 0.438. The predicted octanol–water partition coefficient (Wildman–Crippen LogP) is 2.62. The van der Waals surface area contributed by atoms with Crippen LogP contribution < -0.4 is 4.72 Å². The molecule has 1 aromatic carbocycles. The largest absolute Gasteiger partial charge is 0.268 e. The van der Waals surface area contributed by atoms with E-state index in [-0.39, 0.29) is 10.4 Å². The summed E-state index contributed by atoms with van der Waals surface area (Å²) >= 11 is 1.17. The molecule has 1 aromatic heterocycles. The van der Waals surface area contributed by atoms with Crippen molar-refractivity contribution in [2.75, 3.05) is 0 Å². The van der Waals surface area contributed by atoms with E-state index in [2.05, 4.69) is 34.0 Å². The monoisotopic (exact) mass is 334 g/mol. The Morgan fingerprint density at radius 2 is 1.73 bits per heavy atom. The lowest BCUT2D eigenvalue weighted by molar-refractivity contribution is 0.386. The van der Waals surface area contributed by atoms with Crippen LogP contribution in [0.3, 0.4) is 0 Å². The lowest BCUT2D eigenvalue weighted by Crippen LogP contribution is -2.41. The zero-order chi connectivity index (χ0) is 15.2. The van der Waals surface area contributed by atoms with Gasteiger partial charge in [-0.3, -0.25) is 0 Å². The van der Waals surface area contributed by atoms with Gasteiger partial charge in [0.15, 0.2) is 0 Å². The summed E-state index contributed by atoms with van der Waals surface area (Å²) in [5.74, 6) is 0.784. The Hall–Kier alpha value is -1.24. The summed E-state index contributed by atoms with van der Waals surface area (Å²) in [5.41, 5.74) is 2.77. The molecule has 2 aliphatic carbocycles. The van der Waals surface area contributed by atoms with Crippen LogP contribution in [0.2, 0.25) is 0 Å². The highest BCUT2D eigenvalue weighted by Gasteiger charge is 2.41. The molecule has 1 N–H and O–H groups in total. The Bertz CT molecular complexity index is 738. The highest BCUT2D eigenvalue weighted by molar-refractivity contribution is 7.91. The van der Waals surface area contributed by atoms with Crippen molar-refractivity contribution in [2.45, 2.75) is 36.1 Å². The zero-order valence-electron chi connectivity index (χ0n) is 12.1. The third kappa shape index (κ3) is 2.49. The number of thiazole rings is 1. The first kappa shape index (κ1) is 14.4. The summed E-state index contributed by atoms with van der Waals surface area (Å²) in [4.78, 5) is 3.95. The Labute approximate surface area is 134 Å². The summed E-state index contributed by atoms with van der Waals surface area (Å²) < 4.78 is 28.1. The van der Waals surface area contributed by atoms with E-state index < -0.39 is 10.0 Å². The number of fused-ring (bicyclic) bond motifs is 3. The number of hydrogen-bond donors (Lipinski definition) is 1. The van der Waals surface area contributed by atoms with Gasteiger partial charge in [0.05, 0.1) is 0 Å². The molecule has 1 heterocycles. The van der Waals surface area contributed by atoms with Crippen LogP contribution in [0.1, 0.15) is 24.0 Å². The molecule has 2 aliphatic rings. The fourth-order valence-corrected chi connectivity index (χ4v) is 6.14. The molecule has 4 nitrogen and oxygen atoms in total. The van der Waals surface area contributed by atoms with Gasteiger partial charge < -0.3 is 0 Å². The van der Waals surface area contributed by atoms with E-state index in [0.717, 1.165) is 25.7 Å². The van der Waals surface area contributed by atoms with Crippen molar-refractivity contribution in [1.29, 1.82) is 0 Å². The smallest absolute Gasteiger partial charge is 0.233 e. The number of aromatic nitrogens is 1. The molecule has 4 rings (SSSR count). The molecule has 0 saturated heterocycles. The molecule has 2 aromatic rings. The zero-order valence-corrected chi connectivity index (χ0v) is 13.7. The van der Waals surface area contributed by atoms with Crippen molar-refractivity contribution < 1.29 is 8.42 Å². The standard InChI is InChI=1S/C16H18N2O2S2/c19-22(20,16-17-7-8-21-16)18-15-13-5-6-14(15)10-12-4-2-1-3-11(12)9-13/h1-4,7-8,13-15,18H,5-6,9-10H2. The van der Waals surface area contributed by atoms with Gasteiger partial charge in [0.25, 0.3) is 10.0 Å². The van der Waals surface area contributed by atoms with E-state index >= 15 is 0 Å². The van der Waals surface area contributed by atoms with E-state index in [1.54, 1.807) is 5.38 Å². The summed E-state index contributed by atoms with van der Waals surface area (Å²) in [6.45, 7) is 0. The van der Waals surface area contributed by atoms with Crippen molar-refractivity contribution in [2.24, 2.45) is 11.8 Å². The van der Waals surface area contributed by atoms with Gasteiger partial charge in [-0.25, -0.2) is 18.1 Å². The number of rotatable bonds is 3. The minimum Gasteiger partial charge on any atom is -0.233 e. The Morgan fingerprint density at radius 1 is 1.09 bits per heavy atom. The molecule has 0 aliphatic heterocycles. The van der Waals surface area contributed by atoms with Crippen molar-refractivity contribution in [3.05, 3.63) is 47.0 Å². The molecule has 2 atom stereocenters. The van der Waals surface area contributed by atoms with Gasteiger partial charge in [0.1, 0.15) is 0 Å². The van der Waals surface area contributed by atoms with Crippen LogP contribution in [0, 0.1) is 11.8 Å². The van der Waals surface area contributed by atoms with E-state index in [1.807, 2.05) is 0 Å². The molecule has 6 heteroatoms. The van der Waals surface area contributed by atoms with Gasteiger partial charge in [-0.2, -0.15) is 0 Å². The number of nitrogens with zero attached hydrogens (tertiary/aromatic N) is 1. The maximum absolute atomic E-state index is 12.5. The molecular formula is C16H18N2O2S2. The number of benzene rings is 1. The van der Waals surface area contributed by atoms with Crippen molar-refractivity contribution in [3.63, 3.8) is 0 Å². The van der Waals surface area contributed by atoms with Gasteiger partial charge in [-0.05, 0) is 48.6 Å². The Balaban J connectivity index is 1.62. The number of sulfonamides is 1. The molecular weight excluding hydrogens is 316 g/mol. The molecule has 0 radical (unpaired) electrons. The van der Waals surface area contributed by atoms with E-state index in [4.69, 9.17) is 0 Å². The predicted molar refractivity (Wildman–Crippen MR) is 86.3 cm³/mol. The van der Waals surface area contributed by atoms with Gasteiger partial charge >= 0.3 is 0 Å². The minimum absolute atomic E-state index is 0.0290. The number of nitrogens with one attached hydrogen (secondary N) is 1. The van der Waals surface area contributed by atoms with E-state index in [1.165, 1.54) is 28.7 Å². The van der Waals surface area contributed by atoms with Crippen LogP contribution in [-0.2, 0) is 22.9 Å². The normalized spacial score (nSPS) is 27.4. The molecule has 0 amide bonds. The summed E-state index contributed by atoms with van der Waals surface area (Å²) in [7, 11) is -3.49. The van der Waals surface area contributed by atoms with E-state index in [9.17, 15) is 8.42 Å². The second-order valence-corrected chi connectivity index (χ2v) is 9.00. The third-order valence-corrected chi connectivity index (χ3v) is 7.60. The first-order chi connectivity index (χ1) is 10.6. The summed E-state index contributed by atoms with van der Waals surface area (Å²) in [5, 5.41) is 1.70. The summed E-state index contributed by atoms with van der Waals surface area (Å²) in [6, 6.07) is 8.55. The maximum Gasteiger partial charge on any atom is 0.268 e. The van der Waals surface area contributed by atoms with Gasteiger partial charge in [-0.1, -0.05) is 24.3 Å². The highest BCUT2D eigenvalue weighted by Crippen LogP contribution is 2.40. The number of hydrogen-bond acceptors (Lipinski definition) is 4. The minimum atomic E-state index is -3.49. The molecule has 2 unspecified atom stereocenters. The second-order valence-electron chi connectivity index (χ2n) is 6.22. The van der Waals surface area contributed by atoms with Gasteiger partial charge in [0, 0.05) is 17.6 Å². The Morgan fingerprint density at radius 3 is 2.27 bits per heavy atom. The molecule has 22 heavy (non-hydrogen) atoms. The van der Waals surface area contributed by atoms with Crippen LogP contribution >= 0.6 is 11.3 Å². The highest BCUT2D eigenvalue weighted by atomic mass is 32.2. The van der Waals surface area contributed by atoms with Crippen molar-refractivity contribution in [1.82, 2.24) is 9.71 Å². The van der Waals surface area contributed by atoms with Crippen LogP contribution in [0.5, 0.6) is 0 Å². The lowest BCUT2D eigenvalue weighted by atomic mass is 9.94. The average molecular weight is 334 g/mol. The van der Waals surface area contributed by atoms with Crippen molar-refractivity contribution in [3.8, 4) is 0 Å². The Kier molecular flexibility index (Phi) is 3.55. The molecule has 0 spiro atoms. The van der Waals surface area contributed by atoms with Crippen LogP contribution in [-0.4, -0.2) is 19.4 Å². The van der Waals surface area contributed by atoms with Crippen LogP contribution in [0.15, 0.2) is 40.2 Å². The lowest BCUT2D eigenvalue weighted by Gasteiger charge is -2.22. The summed E-state index contributed by atoms with van der Waals surface area (Å²) in [6.07, 6.45) is 5.68. The first-order valence-corrected chi connectivity index (χ1v) is 9.98. The van der Waals surface area contributed by atoms with Gasteiger partial charge in [0.2, 0.25) is 4.34 Å². The van der Waals surface area contributed by atoms with Gasteiger partial charge in [-0.15, -0.1) is 11.3 Å². The maximum atomic E-state index is 12.5. The average Bonchev–Trinajstić information content (AvgIpc) is 3.09. The first-order valence-electron chi connectivity index (χ1n) is 7.62. The molecule has 1 fully saturated rings. The van der Waals surface area contributed by atoms with E-state index in [0.29, 0.717) is 11.8 Å². The molecule has 116 valence electrons. The fourth-order valence-electron chi connectivity index (χ4n) is 3.92. The SMILES string of the molecule is O=S(=O)(NC1C2CCC1Cc1ccccc1C2)c1nccs1.